The molecule has 7 heteroatoms. The normalized spacial score (nSPS) is 10.5. The molecule has 2 aromatic rings. The van der Waals surface area contributed by atoms with E-state index in [2.05, 4.69) is 24.9 Å². The average molecular weight is 214 g/mol. The van der Waals surface area contributed by atoms with Crippen molar-refractivity contribution in [2.75, 3.05) is 0 Å². The Labute approximate surface area is 82.6 Å². The van der Waals surface area contributed by atoms with Crippen molar-refractivity contribution in [3.8, 4) is 0 Å². The SMILES string of the molecule is Cc1nnc(SCc2ncon2)s1. The number of aryl methyl sites for hydroxylation is 1. The van der Waals surface area contributed by atoms with E-state index in [-0.39, 0.29) is 0 Å². The van der Waals surface area contributed by atoms with Crippen LogP contribution in [-0.2, 0) is 5.75 Å². The molecule has 0 saturated heterocycles. The highest BCUT2D eigenvalue weighted by Gasteiger charge is 2.04. The number of aromatic nitrogens is 4. The van der Waals surface area contributed by atoms with Gasteiger partial charge in [0.1, 0.15) is 5.01 Å². The lowest BCUT2D eigenvalue weighted by atomic mass is 10.7. The Balaban J connectivity index is 1.93. The van der Waals surface area contributed by atoms with Crippen molar-refractivity contribution in [2.45, 2.75) is 17.0 Å². The number of hydrogen-bond donors (Lipinski definition) is 0. The van der Waals surface area contributed by atoms with Crippen LogP contribution in [0.1, 0.15) is 10.8 Å². The van der Waals surface area contributed by atoms with Gasteiger partial charge in [-0.1, -0.05) is 28.3 Å². The quantitative estimate of drug-likeness (QED) is 0.722. The van der Waals surface area contributed by atoms with Crippen molar-refractivity contribution in [1.82, 2.24) is 20.3 Å². The van der Waals surface area contributed by atoms with Crippen molar-refractivity contribution < 1.29 is 4.52 Å². The highest BCUT2D eigenvalue weighted by Crippen LogP contribution is 2.24. The first-order chi connectivity index (χ1) is 6.34. The molecule has 68 valence electrons. The van der Waals surface area contributed by atoms with Gasteiger partial charge in [0.15, 0.2) is 10.2 Å². The molecular weight excluding hydrogens is 208 g/mol. The molecule has 5 nitrogen and oxygen atoms in total. The van der Waals surface area contributed by atoms with Gasteiger partial charge < -0.3 is 4.52 Å². The summed E-state index contributed by atoms with van der Waals surface area (Å²) in [6.07, 6.45) is 1.32. The molecule has 2 heterocycles. The monoisotopic (exact) mass is 214 g/mol. The smallest absolute Gasteiger partial charge is 0.213 e. The third kappa shape index (κ3) is 2.25. The van der Waals surface area contributed by atoms with Crippen molar-refractivity contribution in [1.29, 1.82) is 0 Å². The second-order valence-corrected chi connectivity index (χ2v) is 4.63. The number of rotatable bonds is 3. The standard InChI is InChI=1S/C6H6N4OS2/c1-4-8-9-6(13-4)12-2-5-7-3-11-10-5/h3H,2H2,1H3. The van der Waals surface area contributed by atoms with Crippen molar-refractivity contribution in [3.05, 3.63) is 17.2 Å². The summed E-state index contributed by atoms with van der Waals surface area (Å²) >= 11 is 3.12. The van der Waals surface area contributed by atoms with Gasteiger partial charge >= 0.3 is 0 Å². The third-order valence-electron chi connectivity index (χ3n) is 1.24. The van der Waals surface area contributed by atoms with E-state index in [4.69, 9.17) is 0 Å². The topological polar surface area (TPSA) is 64.7 Å². The molecule has 0 amide bonds. The lowest BCUT2D eigenvalue weighted by Crippen LogP contribution is -1.82. The Morgan fingerprint density at radius 1 is 1.54 bits per heavy atom. The maximum Gasteiger partial charge on any atom is 0.213 e. The lowest BCUT2D eigenvalue weighted by molar-refractivity contribution is 0.412. The van der Waals surface area contributed by atoms with Crippen LogP contribution in [0.3, 0.4) is 0 Å². The van der Waals surface area contributed by atoms with E-state index in [1.165, 1.54) is 6.39 Å². The van der Waals surface area contributed by atoms with Crippen LogP contribution in [0, 0.1) is 6.92 Å². The summed E-state index contributed by atoms with van der Waals surface area (Å²) in [6.45, 7) is 1.93. The van der Waals surface area contributed by atoms with Crippen LogP contribution in [-0.4, -0.2) is 20.3 Å². The zero-order valence-corrected chi connectivity index (χ0v) is 8.43. The molecule has 0 unspecified atom stereocenters. The molecule has 0 aromatic carbocycles. The zero-order chi connectivity index (χ0) is 9.10. The van der Waals surface area contributed by atoms with E-state index in [0.717, 1.165) is 9.35 Å². The molecule has 0 bridgehead atoms. The number of thioether (sulfide) groups is 1. The molecule has 0 aliphatic heterocycles. The average Bonchev–Trinajstić information content (AvgIpc) is 2.71. The fourth-order valence-corrected chi connectivity index (χ4v) is 2.39. The largest absolute Gasteiger partial charge is 0.343 e. The molecule has 0 saturated carbocycles. The summed E-state index contributed by atoms with van der Waals surface area (Å²) < 4.78 is 5.53. The highest BCUT2D eigenvalue weighted by molar-refractivity contribution is 8.00. The molecule has 0 aliphatic rings. The fourth-order valence-electron chi connectivity index (χ4n) is 0.719. The Hall–Kier alpha value is -0.950. The van der Waals surface area contributed by atoms with Crippen LogP contribution >= 0.6 is 23.1 Å². The molecular formula is C6H6N4OS2. The zero-order valence-electron chi connectivity index (χ0n) is 6.80. The molecule has 2 aromatic heterocycles. The van der Waals surface area contributed by atoms with Crippen molar-refractivity contribution in [3.63, 3.8) is 0 Å². The van der Waals surface area contributed by atoms with Crippen LogP contribution in [0.15, 0.2) is 15.3 Å². The van der Waals surface area contributed by atoms with Gasteiger partial charge in [0.2, 0.25) is 6.39 Å². The van der Waals surface area contributed by atoms with E-state index in [1.807, 2.05) is 6.92 Å². The molecule has 0 radical (unpaired) electrons. The van der Waals surface area contributed by atoms with E-state index >= 15 is 0 Å². The molecule has 0 fully saturated rings. The first kappa shape index (κ1) is 8.64. The van der Waals surface area contributed by atoms with Gasteiger partial charge in [-0.2, -0.15) is 4.98 Å². The van der Waals surface area contributed by atoms with Gasteiger partial charge in [-0.15, -0.1) is 10.2 Å². The van der Waals surface area contributed by atoms with Crippen LogP contribution in [0.2, 0.25) is 0 Å². The molecule has 0 N–H and O–H groups in total. The van der Waals surface area contributed by atoms with E-state index in [1.54, 1.807) is 23.1 Å². The van der Waals surface area contributed by atoms with Crippen molar-refractivity contribution in [2.24, 2.45) is 0 Å². The van der Waals surface area contributed by atoms with Gasteiger partial charge in [0, 0.05) is 0 Å². The second-order valence-electron chi connectivity index (χ2n) is 2.22. The minimum atomic E-state index is 0.672. The van der Waals surface area contributed by atoms with Gasteiger partial charge in [0.25, 0.3) is 0 Å². The minimum absolute atomic E-state index is 0.672. The molecule has 0 atom stereocenters. The Morgan fingerprint density at radius 2 is 2.46 bits per heavy atom. The maximum absolute atomic E-state index is 4.60. The van der Waals surface area contributed by atoms with Gasteiger partial charge in [0.05, 0.1) is 5.75 Å². The molecule has 2 rings (SSSR count). The van der Waals surface area contributed by atoms with E-state index in [9.17, 15) is 0 Å². The summed E-state index contributed by atoms with van der Waals surface area (Å²) in [6, 6.07) is 0. The fraction of sp³-hybridized carbons (Fsp3) is 0.333. The highest BCUT2D eigenvalue weighted by atomic mass is 32.2. The first-order valence-electron chi connectivity index (χ1n) is 3.53. The summed E-state index contributed by atoms with van der Waals surface area (Å²) in [4.78, 5) is 3.90. The maximum atomic E-state index is 4.60. The number of hydrogen-bond acceptors (Lipinski definition) is 7. The summed E-state index contributed by atoms with van der Waals surface area (Å²) in [5.41, 5.74) is 0. The van der Waals surface area contributed by atoms with Crippen molar-refractivity contribution >= 4 is 23.1 Å². The predicted octanol–water partition coefficient (Wildman–Crippen LogP) is 1.52. The van der Waals surface area contributed by atoms with Crippen LogP contribution in [0.5, 0.6) is 0 Å². The van der Waals surface area contributed by atoms with E-state index < -0.39 is 0 Å². The lowest BCUT2D eigenvalue weighted by Gasteiger charge is -1.88. The Morgan fingerprint density at radius 3 is 3.08 bits per heavy atom. The Bertz CT molecular complexity index is 372. The molecule has 13 heavy (non-hydrogen) atoms. The van der Waals surface area contributed by atoms with Gasteiger partial charge in [-0.25, -0.2) is 0 Å². The number of nitrogens with zero attached hydrogens (tertiary/aromatic N) is 4. The predicted molar refractivity (Wildman–Crippen MR) is 48.5 cm³/mol. The second kappa shape index (κ2) is 3.84. The molecule has 0 spiro atoms. The van der Waals surface area contributed by atoms with Gasteiger partial charge in [-0.05, 0) is 6.92 Å². The summed E-state index contributed by atoms with van der Waals surface area (Å²) in [7, 11) is 0. The summed E-state index contributed by atoms with van der Waals surface area (Å²) in [5, 5.41) is 12.5. The van der Waals surface area contributed by atoms with Crippen LogP contribution in [0.25, 0.3) is 0 Å². The Kier molecular flexibility index (Phi) is 2.55. The van der Waals surface area contributed by atoms with Gasteiger partial charge in [-0.3, -0.25) is 0 Å². The van der Waals surface area contributed by atoms with Crippen LogP contribution < -0.4 is 0 Å². The molecule has 0 aliphatic carbocycles. The van der Waals surface area contributed by atoms with Crippen LogP contribution in [0.4, 0.5) is 0 Å². The first-order valence-corrected chi connectivity index (χ1v) is 5.33. The third-order valence-corrected chi connectivity index (χ3v) is 3.21. The van der Waals surface area contributed by atoms with E-state index in [0.29, 0.717) is 11.6 Å². The summed E-state index contributed by atoms with van der Waals surface area (Å²) in [5.74, 6) is 1.35. The minimum Gasteiger partial charge on any atom is -0.343 e.